The van der Waals surface area contributed by atoms with Gasteiger partial charge in [0, 0.05) is 11.6 Å². The summed E-state index contributed by atoms with van der Waals surface area (Å²) in [4.78, 5) is 4.34. The lowest BCUT2D eigenvalue weighted by Gasteiger charge is -2.26. The molecule has 0 radical (unpaired) electrons. The Morgan fingerprint density at radius 1 is 1.24 bits per heavy atom. The van der Waals surface area contributed by atoms with E-state index >= 15 is 0 Å². The van der Waals surface area contributed by atoms with Crippen LogP contribution < -0.4 is 4.72 Å². The average Bonchev–Trinajstić information content (AvgIpc) is 2.52. The molecule has 1 heterocycles. The molecule has 0 aliphatic rings. The van der Waals surface area contributed by atoms with Crippen molar-refractivity contribution in [1.29, 1.82) is 0 Å². The highest BCUT2D eigenvalue weighted by Gasteiger charge is 2.31. The van der Waals surface area contributed by atoms with Gasteiger partial charge in [0.25, 0.3) is 0 Å². The summed E-state index contributed by atoms with van der Waals surface area (Å²) in [5.41, 5.74) is -0.416. The van der Waals surface area contributed by atoms with Crippen molar-refractivity contribution in [1.82, 2.24) is 9.71 Å². The second-order valence-corrected chi connectivity index (χ2v) is 6.52. The second-order valence-electron chi connectivity index (χ2n) is 4.87. The molecule has 0 saturated heterocycles. The maximum Gasteiger partial charge on any atom is 0.244 e. The van der Waals surface area contributed by atoms with Crippen molar-refractivity contribution in [3.05, 3.63) is 36.5 Å². The smallest absolute Gasteiger partial charge is 0.244 e. The Balaban J connectivity index is 2.56. The van der Waals surface area contributed by atoms with Crippen molar-refractivity contribution in [3.63, 3.8) is 0 Å². The first-order valence-electron chi connectivity index (χ1n) is 6.83. The second kappa shape index (κ2) is 5.84. The molecule has 0 unspecified atom stereocenters. The molecule has 1 aromatic heterocycles. The molecule has 0 saturated carbocycles. The molecule has 4 nitrogen and oxygen atoms in total. The Labute approximate surface area is 125 Å². The number of fused-ring (bicyclic) bond motifs is 1. The van der Waals surface area contributed by atoms with Crippen molar-refractivity contribution in [2.24, 2.45) is 0 Å². The number of terminal acetylenes is 1. The SMILES string of the molecule is C#CC(CC)(CC)NS(=O)(=O)c1cccc2cccnc12. The number of nitrogens with one attached hydrogen (secondary N) is 1. The van der Waals surface area contributed by atoms with Gasteiger partial charge in [0.2, 0.25) is 10.0 Å². The van der Waals surface area contributed by atoms with Crippen LogP contribution in [0.25, 0.3) is 10.9 Å². The number of pyridine rings is 1. The Hall–Kier alpha value is -1.90. The summed E-state index contributed by atoms with van der Waals surface area (Å²) < 4.78 is 28.0. The van der Waals surface area contributed by atoms with E-state index in [0.29, 0.717) is 18.4 Å². The molecule has 0 spiro atoms. The predicted molar refractivity (Wildman–Crippen MR) is 84.2 cm³/mol. The number of hydrogen-bond donors (Lipinski definition) is 1. The van der Waals surface area contributed by atoms with E-state index in [0.717, 1.165) is 5.39 Å². The van der Waals surface area contributed by atoms with Crippen LogP contribution >= 0.6 is 0 Å². The molecule has 0 aliphatic carbocycles. The molecular formula is C16H18N2O2S. The molecule has 0 aliphatic heterocycles. The van der Waals surface area contributed by atoms with E-state index < -0.39 is 15.6 Å². The first-order chi connectivity index (χ1) is 9.98. The van der Waals surface area contributed by atoms with Gasteiger partial charge in [-0.1, -0.05) is 38.0 Å². The number of sulfonamides is 1. The minimum Gasteiger partial charge on any atom is -0.255 e. The van der Waals surface area contributed by atoms with Gasteiger partial charge in [0.15, 0.2) is 0 Å². The van der Waals surface area contributed by atoms with Crippen molar-refractivity contribution in [2.45, 2.75) is 37.1 Å². The third kappa shape index (κ3) is 2.92. The van der Waals surface area contributed by atoms with Crippen LogP contribution in [0.5, 0.6) is 0 Å². The molecule has 2 aromatic rings. The van der Waals surface area contributed by atoms with Gasteiger partial charge < -0.3 is 0 Å². The number of hydrogen-bond acceptors (Lipinski definition) is 3. The summed E-state index contributed by atoms with van der Waals surface area (Å²) in [6.45, 7) is 3.74. The fourth-order valence-electron chi connectivity index (χ4n) is 2.23. The van der Waals surface area contributed by atoms with E-state index in [1.807, 2.05) is 26.0 Å². The predicted octanol–water partition coefficient (Wildman–Crippen LogP) is 2.71. The van der Waals surface area contributed by atoms with Gasteiger partial charge in [-0.05, 0) is 25.0 Å². The molecule has 1 N–H and O–H groups in total. The van der Waals surface area contributed by atoms with E-state index in [-0.39, 0.29) is 4.90 Å². The fourth-order valence-corrected chi connectivity index (χ4v) is 3.89. The number of rotatable bonds is 5. The van der Waals surface area contributed by atoms with Crippen LogP contribution in [0.2, 0.25) is 0 Å². The zero-order valence-corrected chi connectivity index (χ0v) is 12.9. The maximum atomic E-state index is 12.7. The van der Waals surface area contributed by atoms with E-state index in [1.54, 1.807) is 24.4 Å². The van der Waals surface area contributed by atoms with E-state index in [1.165, 1.54) is 0 Å². The topological polar surface area (TPSA) is 59.1 Å². The summed E-state index contributed by atoms with van der Waals surface area (Å²) >= 11 is 0. The Morgan fingerprint density at radius 2 is 1.90 bits per heavy atom. The summed E-state index contributed by atoms with van der Waals surface area (Å²) in [6, 6.07) is 8.68. The lowest BCUT2D eigenvalue weighted by atomic mass is 9.96. The molecule has 0 amide bonds. The molecular weight excluding hydrogens is 284 g/mol. The van der Waals surface area contributed by atoms with Crippen LogP contribution in [0.15, 0.2) is 41.4 Å². The fraction of sp³-hybridized carbons (Fsp3) is 0.312. The van der Waals surface area contributed by atoms with Gasteiger partial charge in [0.1, 0.15) is 4.90 Å². The van der Waals surface area contributed by atoms with Crippen LogP contribution in [-0.4, -0.2) is 18.9 Å². The summed E-state index contributed by atoms with van der Waals surface area (Å²) in [6.07, 6.45) is 8.16. The quantitative estimate of drug-likeness (QED) is 0.864. The van der Waals surface area contributed by atoms with E-state index in [4.69, 9.17) is 6.42 Å². The minimum atomic E-state index is -3.74. The molecule has 0 bridgehead atoms. The Bertz CT molecular complexity index is 782. The van der Waals surface area contributed by atoms with Crippen LogP contribution in [0, 0.1) is 12.3 Å². The van der Waals surface area contributed by atoms with Gasteiger partial charge in [-0.3, -0.25) is 4.98 Å². The van der Waals surface area contributed by atoms with Crippen LogP contribution in [-0.2, 0) is 10.0 Å². The van der Waals surface area contributed by atoms with E-state index in [9.17, 15) is 8.42 Å². The van der Waals surface area contributed by atoms with Crippen molar-refractivity contribution in [3.8, 4) is 12.3 Å². The molecule has 1 aromatic carbocycles. The molecule has 0 atom stereocenters. The largest absolute Gasteiger partial charge is 0.255 e. The van der Waals surface area contributed by atoms with E-state index in [2.05, 4.69) is 15.6 Å². The Kier molecular flexibility index (Phi) is 4.31. The molecule has 0 fully saturated rings. The molecule has 110 valence electrons. The zero-order chi connectivity index (χ0) is 15.5. The van der Waals surface area contributed by atoms with Crippen molar-refractivity contribution >= 4 is 20.9 Å². The highest BCUT2D eigenvalue weighted by molar-refractivity contribution is 7.89. The highest BCUT2D eigenvalue weighted by atomic mass is 32.2. The Morgan fingerprint density at radius 3 is 2.52 bits per heavy atom. The van der Waals surface area contributed by atoms with Crippen molar-refractivity contribution < 1.29 is 8.42 Å². The maximum absolute atomic E-state index is 12.7. The number of para-hydroxylation sites is 1. The first-order valence-corrected chi connectivity index (χ1v) is 8.32. The highest BCUT2D eigenvalue weighted by Crippen LogP contribution is 2.24. The van der Waals surface area contributed by atoms with Gasteiger partial charge >= 0.3 is 0 Å². The monoisotopic (exact) mass is 302 g/mol. The number of nitrogens with zero attached hydrogens (tertiary/aromatic N) is 1. The lowest BCUT2D eigenvalue weighted by molar-refractivity contribution is 0.452. The molecule has 2 rings (SSSR count). The third-order valence-corrected chi connectivity index (χ3v) is 5.27. The van der Waals surface area contributed by atoms with Crippen LogP contribution in [0.3, 0.4) is 0 Å². The van der Waals surface area contributed by atoms with Crippen LogP contribution in [0.1, 0.15) is 26.7 Å². The average molecular weight is 302 g/mol. The van der Waals surface area contributed by atoms with Gasteiger partial charge in [0.05, 0.1) is 11.1 Å². The van der Waals surface area contributed by atoms with Crippen LogP contribution in [0.4, 0.5) is 0 Å². The first kappa shape index (κ1) is 15.5. The standard InChI is InChI=1S/C16H18N2O2S/c1-4-16(5-2,6-3)18-21(19,20)14-11-7-9-13-10-8-12-17-15(13)14/h1,7-12,18H,5-6H2,2-3H3. The van der Waals surface area contributed by atoms with Gasteiger partial charge in [-0.15, -0.1) is 6.42 Å². The molecule has 5 heteroatoms. The van der Waals surface area contributed by atoms with Gasteiger partial charge in [-0.25, -0.2) is 8.42 Å². The number of aromatic nitrogens is 1. The lowest BCUT2D eigenvalue weighted by Crippen LogP contribution is -2.46. The zero-order valence-electron chi connectivity index (χ0n) is 12.1. The number of benzene rings is 1. The van der Waals surface area contributed by atoms with Crippen molar-refractivity contribution in [2.75, 3.05) is 0 Å². The van der Waals surface area contributed by atoms with Gasteiger partial charge in [-0.2, -0.15) is 4.72 Å². The molecule has 21 heavy (non-hydrogen) atoms. The minimum absolute atomic E-state index is 0.155. The third-order valence-electron chi connectivity index (χ3n) is 3.70. The summed E-state index contributed by atoms with van der Waals surface area (Å²) in [7, 11) is -3.74. The summed E-state index contributed by atoms with van der Waals surface area (Å²) in [5.74, 6) is 2.58. The summed E-state index contributed by atoms with van der Waals surface area (Å²) in [5, 5.41) is 0.777. The normalized spacial score (nSPS) is 12.2.